The van der Waals surface area contributed by atoms with Gasteiger partial charge in [0.2, 0.25) is 0 Å². The second-order valence-corrected chi connectivity index (χ2v) is 4.66. The minimum atomic E-state index is -1.08. The second kappa shape index (κ2) is 6.78. The Morgan fingerprint density at radius 1 is 1.32 bits per heavy atom. The predicted octanol–water partition coefficient (Wildman–Crippen LogP) is 1.60. The Bertz CT molecular complexity index is 457. The Hall–Kier alpha value is -2.04. The van der Waals surface area contributed by atoms with Gasteiger partial charge in [0, 0.05) is 0 Å². The number of ether oxygens (including phenoxy) is 1. The molecule has 0 saturated heterocycles. The fourth-order valence-electron chi connectivity index (χ4n) is 1.58. The van der Waals surface area contributed by atoms with Crippen molar-refractivity contribution in [3.63, 3.8) is 0 Å². The van der Waals surface area contributed by atoms with Crippen LogP contribution in [-0.4, -0.2) is 29.6 Å². The van der Waals surface area contributed by atoms with Crippen LogP contribution in [0.5, 0.6) is 5.75 Å². The number of carbonyl (C=O) groups is 2. The van der Waals surface area contributed by atoms with Crippen LogP contribution in [-0.2, 0) is 9.59 Å². The molecule has 1 amide bonds. The molecule has 0 bridgehead atoms. The first-order chi connectivity index (χ1) is 8.91. The number of rotatable bonds is 6. The smallest absolute Gasteiger partial charge is 0.322 e. The lowest BCUT2D eigenvalue weighted by molar-refractivity contribution is -0.139. The lowest BCUT2D eigenvalue weighted by Gasteiger charge is -2.22. The number of amides is 1. The number of hydrogen-bond acceptors (Lipinski definition) is 3. The molecule has 0 fully saturated rings. The van der Waals surface area contributed by atoms with E-state index in [1.165, 1.54) is 0 Å². The van der Waals surface area contributed by atoms with Crippen LogP contribution in [0.15, 0.2) is 24.3 Å². The molecule has 5 heteroatoms. The highest BCUT2D eigenvalue weighted by atomic mass is 16.5. The molecular formula is C14H19NO4. The highest BCUT2D eigenvalue weighted by Crippen LogP contribution is 2.20. The fraction of sp³-hybridized carbons (Fsp3) is 0.429. The van der Waals surface area contributed by atoms with E-state index in [0.717, 1.165) is 5.56 Å². The first-order valence-corrected chi connectivity index (χ1v) is 6.13. The molecule has 104 valence electrons. The molecule has 5 nitrogen and oxygen atoms in total. The molecule has 0 saturated carbocycles. The summed E-state index contributed by atoms with van der Waals surface area (Å²) in [4.78, 5) is 22.4. The number of carboxylic acid groups (broad SMARTS) is 1. The van der Waals surface area contributed by atoms with Crippen LogP contribution in [0.4, 0.5) is 0 Å². The Balaban J connectivity index is 2.76. The summed E-state index contributed by atoms with van der Waals surface area (Å²) in [6, 6.07) is 7.39. The maximum Gasteiger partial charge on any atom is 0.322 e. The van der Waals surface area contributed by atoms with Gasteiger partial charge in [0.15, 0.2) is 6.10 Å². The molecule has 1 atom stereocenters. The maximum atomic E-state index is 11.9. The summed E-state index contributed by atoms with van der Waals surface area (Å²) in [6.07, 6.45) is -0.708. The van der Waals surface area contributed by atoms with Crippen molar-refractivity contribution < 1.29 is 19.4 Å². The summed E-state index contributed by atoms with van der Waals surface area (Å²) in [5.74, 6) is -0.924. The van der Waals surface area contributed by atoms with Crippen molar-refractivity contribution in [2.45, 2.75) is 26.9 Å². The number of aliphatic carboxylic acids is 1. The molecule has 1 aromatic carbocycles. The topological polar surface area (TPSA) is 75.6 Å². The molecule has 0 spiro atoms. The number of hydrogen-bond donors (Lipinski definition) is 2. The van der Waals surface area contributed by atoms with E-state index in [9.17, 15) is 9.59 Å². The van der Waals surface area contributed by atoms with Crippen molar-refractivity contribution in [2.24, 2.45) is 5.92 Å². The van der Waals surface area contributed by atoms with Crippen LogP contribution >= 0.6 is 0 Å². The van der Waals surface area contributed by atoms with Crippen LogP contribution in [0.2, 0.25) is 0 Å². The fourth-order valence-corrected chi connectivity index (χ4v) is 1.58. The van der Waals surface area contributed by atoms with Gasteiger partial charge in [-0.25, -0.2) is 0 Å². The lowest BCUT2D eigenvalue weighted by Crippen LogP contribution is -2.43. The average Bonchev–Trinajstić information content (AvgIpc) is 2.34. The van der Waals surface area contributed by atoms with Gasteiger partial charge in [0.1, 0.15) is 12.3 Å². The van der Waals surface area contributed by atoms with E-state index >= 15 is 0 Å². The molecule has 1 aromatic rings. The van der Waals surface area contributed by atoms with Crippen LogP contribution in [0, 0.1) is 12.8 Å². The summed E-state index contributed by atoms with van der Waals surface area (Å²) in [5, 5.41) is 10.9. The van der Waals surface area contributed by atoms with Gasteiger partial charge < -0.3 is 15.2 Å². The number of nitrogens with one attached hydrogen (secondary N) is 1. The van der Waals surface area contributed by atoms with E-state index in [-0.39, 0.29) is 5.92 Å². The molecule has 1 unspecified atom stereocenters. The highest BCUT2D eigenvalue weighted by Gasteiger charge is 2.24. The van der Waals surface area contributed by atoms with E-state index in [0.29, 0.717) is 5.75 Å². The number of benzene rings is 1. The van der Waals surface area contributed by atoms with Gasteiger partial charge in [-0.15, -0.1) is 0 Å². The number of carboxylic acids is 1. The molecule has 19 heavy (non-hydrogen) atoms. The number of aryl methyl sites for hydroxylation is 1. The lowest BCUT2D eigenvalue weighted by atomic mass is 10.1. The third kappa shape index (κ3) is 4.62. The van der Waals surface area contributed by atoms with Crippen LogP contribution < -0.4 is 10.1 Å². The molecule has 0 aliphatic carbocycles. The van der Waals surface area contributed by atoms with E-state index in [1.807, 2.05) is 39.0 Å². The molecule has 0 radical (unpaired) electrons. The van der Waals surface area contributed by atoms with Crippen LogP contribution in [0.25, 0.3) is 0 Å². The zero-order chi connectivity index (χ0) is 14.4. The molecule has 0 heterocycles. The zero-order valence-corrected chi connectivity index (χ0v) is 11.3. The normalized spacial score (nSPS) is 12.0. The molecule has 0 aliphatic rings. The number of para-hydroxylation sites is 1. The largest absolute Gasteiger partial charge is 0.480 e. The van der Waals surface area contributed by atoms with Gasteiger partial charge >= 0.3 is 5.97 Å². The standard InChI is InChI=1S/C14H19NO4/c1-9(2)13(14(18)15-8-12(16)17)19-11-7-5-4-6-10(11)3/h4-7,9,13H,8H2,1-3H3,(H,15,18)(H,16,17). The van der Waals surface area contributed by atoms with Gasteiger partial charge in [-0.05, 0) is 24.5 Å². The van der Waals surface area contributed by atoms with Crippen molar-refractivity contribution in [2.75, 3.05) is 6.54 Å². The first kappa shape index (κ1) is 15.0. The Labute approximate surface area is 112 Å². The number of carbonyl (C=O) groups excluding carboxylic acids is 1. The summed E-state index contributed by atoms with van der Waals surface area (Å²) >= 11 is 0. The molecule has 0 aromatic heterocycles. The average molecular weight is 265 g/mol. The highest BCUT2D eigenvalue weighted by molar-refractivity contribution is 5.84. The van der Waals surface area contributed by atoms with Crippen molar-refractivity contribution in [3.05, 3.63) is 29.8 Å². The van der Waals surface area contributed by atoms with Crippen molar-refractivity contribution >= 4 is 11.9 Å². The van der Waals surface area contributed by atoms with Crippen LogP contribution in [0.1, 0.15) is 19.4 Å². The monoisotopic (exact) mass is 265 g/mol. The van der Waals surface area contributed by atoms with Crippen molar-refractivity contribution in [1.82, 2.24) is 5.32 Å². The minimum Gasteiger partial charge on any atom is -0.480 e. The van der Waals surface area contributed by atoms with Gasteiger partial charge in [0.25, 0.3) is 5.91 Å². The van der Waals surface area contributed by atoms with E-state index in [1.54, 1.807) is 6.07 Å². The first-order valence-electron chi connectivity index (χ1n) is 6.13. The van der Waals surface area contributed by atoms with E-state index in [2.05, 4.69) is 5.32 Å². The van der Waals surface area contributed by atoms with Gasteiger partial charge in [-0.2, -0.15) is 0 Å². The Morgan fingerprint density at radius 3 is 2.47 bits per heavy atom. The summed E-state index contributed by atoms with van der Waals surface area (Å²) in [7, 11) is 0. The summed E-state index contributed by atoms with van der Waals surface area (Å²) in [6.45, 7) is 5.19. The third-order valence-electron chi connectivity index (χ3n) is 2.63. The van der Waals surface area contributed by atoms with Crippen molar-refractivity contribution in [1.29, 1.82) is 0 Å². The Kier molecular flexibility index (Phi) is 5.36. The van der Waals surface area contributed by atoms with Crippen molar-refractivity contribution in [3.8, 4) is 5.75 Å². The quantitative estimate of drug-likeness (QED) is 0.819. The molecular weight excluding hydrogens is 246 g/mol. The minimum absolute atomic E-state index is 0.0617. The van der Waals surface area contributed by atoms with E-state index < -0.39 is 24.5 Å². The van der Waals surface area contributed by atoms with Crippen LogP contribution in [0.3, 0.4) is 0 Å². The SMILES string of the molecule is Cc1ccccc1OC(C(=O)NCC(=O)O)C(C)C. The molecule has 1 rings (SSSR count). The second-order valence-electron chi connectivity index (χ2n) is 4.66. The maximum absolute atomic E-state index is 11.9. The van der Waals surface area contributed by atoms with Gasteiger partial charge in [-0.3, -0.25) is 9.59 Å². The zero-order valence-electron chi connectivity index (χ0n) is 11.3. The van der Waals surface area contributed by atoms with Gasteiger partial charge in [0.05, 0.1) is 0 Å². The molecule has 0 aliphatic heterocycles. The third-order valence-corrected chi connectivity index (χ3v) is 2.63. The van der Waals surface area contributed by atoms with Gasteiger partial charge in [-0.1, -0.05) is 32.0 Å². The molecule has 2 N–H and O–H groups in total. The summed E-state index contributed by atoms with van der Waals surface area (Å²) < 4.78 is 5.70. The van der Waals surface area contributed by atoms with E-state index in [4.69, 9.17) is 9.84 Å². The summed E-state index contributed by atoms with van der Waals surface area (Å²) in [5.41, 5.74) is 0.930. The Morgan fingerprint density at radius 2 is 1.95 bits per heavy atom. The predicted molar refractivity (Wildman–Crippen MR) is 71.1 cm³/mol.